The molecule has 0 aliphatic carbocycles. The first-order chi connectivity index (χ1) is 26.9. The third-order valence-electron chi connectivity index (χ3n) is 11.2. The molecule has 0 spiro atoms. The zero-order valence-corrected chi connectivity index (χ0v) is 32.7. The van der Waals surface area contributed by atoms with Crippen molar-refractivity contribution in [3.8, 4) is 0 Å². The number of carbonyl (C=O) groups excluding carboxylic acids is 8. The second-order valence-electron chi connectivity index (χ2n) is 14.9. The molecule has 20 heteroatoms. The summed E-state index contributed by atoms with van der Waals surface area (Å²) in [7, 11) is 0. The van der Waals surface area contributed by atoms with Crippen LogP contribution in [0.25, 0.3) is 0 Å². The summed E-state index contributed by atoms with van der Waals surface area (Å²) in [4.78, 5) is 123. The highest BCUT2D eigenvalue weighted by molar-refractivity contribution is 7.98. The summed E-state index contributed by atoms with van der Waals surface area (Å²) >= 11 is 1.49. The second kappa shape index (κ2) is 20.1. The SMILES string of the molecule is CSCC[C@H](NC(=O)CNC(=O)[C@@H]1CCCN1C(=O)[C@@H]1CCCN1)C(=O)N1CCC[C@H]1C(=O)NCC(=O)N1CCC[C@H]1C(=O)N1CCC[C@H]1C(=O)NCC(=O)O. The number of rotatable bonds is 16. The zero-order chi connectivity index (χ0) is 40.4. The van der Waals surface area contributed by atoms with E-state index in [4.69, 9.17) is 5.11 Å². The summed E-state index contributed by atoms with van der Waals surface area (Å²) in [5.74, 6) is -4.19. The van der Waals surface area contributed by atoms with Gasteiger partial charge in [0, 0.05) is 26.2 Å². The summed E-state index contributed by atoms with van der Waals surface area (Å²) in [5, 5.41) is 22.4. The van der Waals surface area contributed by atoms with Gasteiger partial charge in [-0.2, -0.15) is 11.8 Å². The number of hydrogen-bond donors (Lipinski definition) is 6. The normalized spacial score (nSPS) is 25.2. The van der Waals surface area contributed by atoms with Crippen LogP contribution in [-0.4, -0.2) is 179 Å². The highest BCUT2D eigenvalue weighted by atomic mass is 32.2. The molecule has 5 fully saturated rings. The van der Waals surface area contributed by atoms with Gasteiger partial charge in [-0.1, -0.05) is 0 Å². The van der Waals surface area contributed by atoms with Crippen LogP contribution in [0.5, 0.6) is 0 Å². The largest absolute Gasteiger partial charge is 0.480 e. The molecule has 5 aliphatic heterocycles. The molecule has 0 unspecified atom stereocenters. The lowest BCUT2D eigenvalue weighted by molar-refractivity contribution is -0.147. The highest BCUT2D eigenvalue weighted by Crippen LogP contribution is 2.26. The Bertz CT molecular complexity index is 1530. The first-order valence-electron chi connectivity index (χ1n) is 19.7. The lowest BCUT2D eigenvalue weighted by Gasteiger charge is -2.31. The van der Waals surface area contributed by atoms with Crippen molar-refractivity contribution >= 4 is 65.0 Å². The number of nitrogens with one attached hydrogen (secondary N) is 5. The first-order valence-corrected chi connectivity index (χ1v) is 21.1. The van der Waals surface area contributed by atoms with Crippen molar-refractivity contribution < 1.29 is 48.3 Å². The lowest BCUT2D eigenvalue weighted by atomic mass is 10.1. The van der Waals surface area contributed by atoms with Gasteiger partial charge in [-0.15, -0.1) is 0 Å². The average Bonchev–Trinajstić information content (AvgIpc) is 4.04. The van der Waals surface area contributed by atoms with Crippen molar-refractivity contribution in [1.29, 1.82) is 0 Å². The van der Waals surface area contributed by atoms with Gasteiger partial charge in [0.25, 0.3) is 0 Å². The predicted octanol–water partition coefficient (Wildman–Crippen LogP) is -2.63. The number of aliphatic carboxylic acids is 1. The van der Waals surface area contributed by atoms with Crippen molar-refractivity contribution in [1.82, 2.24) is 46.2 Å². The molecule has 0 aromatic rings. The second-order valence-corrected chi connectivity index (χ2v) is 15.9. The fourth-order valence-corrected chi connectivity index (χ4v) is 8.88. The van der Waals surface area contributed by atoms with Crippen LogP contribution in [0.2, 0.25) is 0 Å². The van der Waals surface area contributed by atoms with Crippen LogP contribution in [0.3, 0.4) is 0 Å². The summed E-state index contributed by atoms with van der Waals surface area (Å²) < 4.78 is 0. The van der Waals surface area contributed by atoms with E-state index in [0.717, 1.165) is 19.4 Å². The number of thioether (sulfide) groups is 1. The molecule has 6 atom stereocenters. The minimum atomic E-state index is -1.20. The Morgan fingerprint density at radius 2 is 1.16 bits per heavy atom. The molecule has 5 aliphatic rings. The van der Waals surface area contributed by atoms with Crippen LogP contribution < -0.4 is 26.6 Å². The molecule has 19 nitrogen and oxygen atoms in total. The van der Waals surface area contributed by atoms with Gasteiger partial charge in [-0.05, 0) is 89.2 Å². The molecule has 5 rings (SSSR count). The minimum absolute atomic E-state index is 0.105. The summed E-state index contributed by atoms with van der Waals surface area (Å²) in [6, 6.07) is -4.46. The van der Waals surface area contributed by atoms with Crippen molar-refractivity contribution in [3.63, 3.8) is 0 Å². The molecule has 0 saturated carbocycles. The van der Waals surface area contributed by atoms with Gasteiger partial charge in [-0.25, -0.2) is 0 Å². The zero-order valence-electron chi connectivity index (χ0n) is 31.9. The number of nitrogens with zero attached hydrogens (tertiary/aromatic N) is 4. The maximum absolute atomic E-state index is 13.8. The molecule has 0 bridgehead atoms. The summed E-state index contributed by atoms with van der Waals surface area (Å²) in [6.07, 6.45) is 7.70. The predicted molar refractivity (Wildman–Crippen MR) is 202 cm³/mol. The number of carboxylic acids is 1. The quantitative estimate of drug-likeness (QED) is 0.0939. The van der Waals surface area contributed by atoms with Crippen LogP contribution in [0.4, 0.5) is 0 Å². The number of likely N-dealkylation sites (tertiary alicyclic amines) is 4. The third-order valence-corrected chi connectivity index (χ3v) is 11.9. The van der Waals surface area contributed by atoms with E-state index in [2.05, 4.69) is 26.6 Å². The minimum Gasteiger partial charge on any atom is -0.480 e. The molecular weight excluding hydrogens is 751 g/mol. The van der Waals surface area contributed by atoms with Gasteiger partial charge in [0.1, 0.15) is 36.8 Å². The van der Waals surface area contributed by atoms with Gasteiger partial charge < -0.3 is 51.3 Å². The van der Waals surface area contributed by atoms with Crippen molar-refractivity contribution in [3.05, 3.63) is 0 Å². The van der Waals surface area contributed by atoms with Crippen LogP contribution in [0.1, 0.15) is 70.6 Å². The van der Waals surface area contributed by atoms with Gasteiger partial charge in [0.15, 0.2) is 0 Å². The maximum Gasteiger partial charge on any atom is 0.322 e. The van der Waals surface area contributed by atoms with Gasteiger partial charge in [0.05, 0.1) is 19.1 Å². The molecule has 0 radical (unpaired) electrons. The molecule has 0 aromatic carbocycles. The molecule has 6 N–H and O–H groups in total. The standard InChI is InChI=1S/C36H55N9O10S/c1-56-18-12-23(41-28(46)19-38-31(50)24-8-3-15-43(24)34(53)22-7-2-13-37-22)35(54)44-16-4-9-25(44)32(51)39-20-29(47)42-14-6-11-27(42)36(55)45-17-5-10-26(45)33(52)40-21-30(48)49/h22-27,37H,2-21H2,1H3,(H,38,50)(H,39,51)(H,40,52)(H,41,46)(H,48,49)/t22-,23-,24-,25-,26-,27-/m0/s1. The Balaban J connectivity index is 1.11. The Hall–Kier alpha value is -4.46. The first kappa shape index (κ1) is 42.7. The summed E-state index contributed by atoms with van der Waals surface area (Å²) in [5.41, 5.74) is 0. The Morgan fingerprint density at radius 3 is 1.73 bits per heavy atom. The Morgan fingerprint density at radius 1 is 0.643 bits per heavy atom. The number of carboxylic acid groups (broad SMARTS) is 1. The molecule has 5 saturated heterocycles. The van der Waals surface area contributed by atoms with E-state index in [0.29, 0.717) is 70.2 Å². The monoisotopic (exact) mass is 805 g/mol. The smallest absolute Gasteiger partial charge is 0.322 e. The third kappa shape index (κ3) is 10.5. The fraction of sp³-hybridized carbons (Fsp3) is 0.750. The number of carbonyl (C=O) groups is 9. The van der Waals surface area contributed by atoms with E-state index in [-0.39, 0.29) is 38.0 Å². The Kier molecular flexibility index (Phi) is 15.3. The molecule has 8 amide bonds. The van der Waals surface area contributed by atoms with Crippen molar-refractivity contribution in [2.75, 3.05) is 64.4 Å². The van der Waals surface area contributed by atoms with Gasteiger partial charge in [0.2, 0.25) is 47.3 Å². The Labute approximate surface area is 330 Å². The van der Waals surface area contributed by atoms with Crippen LogP contribution in [0.15, 0.2) is 0 Å². The molecular formula is C36H55N9O10S. The van der Waals surface area contributed by atoms with Crippen LogP contribution >= 0.6 is 11.8 Å². The molecule has 5 heterocycles. The average molecular weight is 806 g/mol. The van der Waals surface area contributed by atoms with E-state index < -0.39 is 90.6 Å². The van der Waals surface area contributed by atoms with Crippen LogP contribution in [0, 0.1) is 0 Å². The number of amides is 8. The van der Waals surface area contributed by atoms with E-state index in [1.807, 2.05) is 6.26 Å². The number of hydrogen-bond acceptors (Lipinski definition) is 11. The topological polar surface area (TPSA) is 247 Å². The van der Waals surface area contributed by atoms with E-state index in [1.165, 1.54) is 26.5 Å². The van der Waals surface area contributed by atoms with Gasteiger partial charge >= 0.3 is 5.97 Å². The fourth-order valence-electron chi connectivity index (χ4n) is 8.40. The lowest BCUT2D eigenvalue weighted by Crippen LogP contribution is -2.56. The van der Waals surface area contributed by atoms with Gasteiger partial charge in [-0.3, -0.25) is 43.2 Å². The molecule has 310 valence electrons. The van der Waals surface area contributed by atoms with E-state index >= 15 is 0 Å². The maximum atomic E-state index is 13.8. The van der Waals surface area contributed by atoms with E-state index in [9.17, 15) is 43.2 Å². The van der Waals surface area contributed by atoms with Crippen molar-refractivity contribution in [2.24, 2.45) is 0 Å². The summed E-state index contributed by atoms with van der Waals surface area (Å²) in [6.45, 7) is 0.740. The molecule has 0 aromatic heterocycles. The highest BCUT2D eigenvalue weighted by Gasteiger charge is 2.43. The van der Waals surface area contributed by atoms with Crippen LogP contribution in [-0.2, 0) is 43.2 Å². The molecule has 56 heavy (non-hydrogen) atoms. The van der Waals surface area contributed by atoms with E-state index in [1.54, 1.807) is 4.90 Å². The van der Waals surface area contributed by atoms with Crippen molar-refractivity contribution in [2.45, 2.75) is 107 Å².